The highest BCUT2D eigenvalue weighted by Crippen LogP contribution is 2.42. The van der Waals surface area contributed by atoms with Gasteiger partial charge in [0, 0.05) is 5.56 Å². The molecule has 4 rings (SSSR count). The molecule has 3 aromatic carbocycles. The number of carbonyl (C=O) groups is 2. The van der Waals surface area contributed by atoms with Crippen LogP contribution >= 0.6 is 0 Å². The standard InChI is InChI=1S/C29H27NO4/c1-22-10-9-15-25(20-22)34-19-18-30-27-17-8-7-16-26(27)29(33,28(30)32)21-24(31)14-6-5-13-23-11-3-2-4-12-23/h2-17,20,33H,18-19,21H2,1H3/b13-5+,14-6+. The van der Waals surface area contributed by atoms with Gasteiger partial charge in [0.25, 0.3) is 5.91 Å². The van der Waals surface area contributed by atoms with Gasteiger partial charge in [-0.2, -0.15) is 0 Å². The topological polar surface area (TPSA) is 66.8 Å². The molecule has 1 amide bonds. The van der Waals surface area contributed by atoms with Crippen LogP contribution in [0.1, 0.15) is 23.1 Å². The molecule has 1 aliphatic rings. The molecule has 1 N–H and O–H groups in total. The Labute approximate surface area is 199 Å². The predicted octanol–water partition coefficient (Wildman–Crippen LogP) is 4.84. The number of carbonyl (C=O) groups excluding carboxylic acids is 2. The van der Waals surface area contributed by atoms with Crippen molar-refractivity contribution in [3.8, 4) is 5.75 Å². The molecule has 172 valence electrons. The van der Waals surface area contributed by atoms with Crippen LogP contribution in [-0.4, -0.2) is 29.9 Å². The second-order valence-corrected chi connectivity index (χ2v) is 8.27. The third-order valence-corrected chi connectivity index (χ3v) is 5.72. The number of fused-ring (bicyclic) bond motifs is 1. The van der Waals surface area contributed by atoms with Gasteiger partial charge >= 0.3 is 0 Å². The summed E-state index contributed by atoms with van der Waals surface area (Å²) in [5, 5.41) is 11.3. The minimum absolute atomic E-state index is 0.260. The fourth-order valence-electron chi connectivity index (χ4n) is 4.06. The summed E-state index contributed by atoms with van der Waals surface area (Å²) in [4.78, 5) is 27.4. The van der Waals surface area contributed by atoms with Crippen molar-refractivity contribution in [3.05, 3.63) is 114 Å². The average Bonchev–Trinajstić information content (AvgIpc) is 3.04. The van der Waals surface area contributed by atoms with Crippen molar-refractivity contribution in [1.82, 2.24) is 0 Å². The van der Waals surface area contributed by atoms with E-state index in [4.69, 9.17) is 4.74 Å². The van der Waals surface area contributed by atoms with E-state index < -0.39 is 11.5 Å². The van der Waals surface area contributed by atoms with Crippen LogP contribution in [0.15, 0.2) is 97.1 Å². The number of ketones is 1. The second kappa shape index (κ2) is 10.3. The summed E-state index contributed by atoms with van der Waals surface area (Å²) in [6, 6.07) is 24.4. The third kappa shape index (κ3) is 5.16. The lowest BCUT2D eigenvalue weighted by molar-refractivity contribution is -0.140. The van der Waals surface area contributed by atoms with Gasteiger partial charge in [-0.05, 0) is 42.3 Å². The van der Waals surface area contributed by atoms with Crippen molar-refractivity contribution in [2.45, 2.75) is 18.9 Å². The zero-order chi connectivity index (χ0) is 24.0. The van der Waals surface area contributed by atoms with Crippen molar-refractivity contribution in [2.24, 2.45) is 0 Å². The SMILES string of the molecule is Cc1cccc(OCCN2C(=O)C(O)(CC(=O)/C=C/C=C/c3ccccc3)c3ccccc32)c1. The molecule has 34 heavy (non-hydrogen) atoms. The van der Waals surface area contributed by atoms with Gasteiger partial charge < -0.3 is 14.7 Å². The highest BCUT2D eigenvalue weighted by atomic mass is 16.5. The Balaban J connectivity index is 1.43. The number of anilines is 1. The molecule has 1 atom stereocenters. The van der Waals surface area contributed by atoms with Gasteiger partial charge in [-0.1, -0.05) is 78.9 Å². The first kappa shape index (κ1) is 23.2. The molecule has 1 aliphatic heterocycles. The first-order valence-corrected chi connectivity index (χ1v) is 11.2. The number of benzene rings is 3. The lowest BCUT2D eigenvalue weighted by Crippen LogP contribution is -2.43. The Hall–Kier alpha value is -3.96. The molecule has 0 fully saturated rings. The second-order valence-electron chi connectivity index (χ2n) is 8.27. The molecule has 0 saturated heterocycles. The number of para-hydroxylation sites is 1. The van der Waals surface area contributed by atoms with E-state index in [1.54, 1.807) is 30.4 Å². The Morgan fingerprint density at radius 2 is 1.76 bits per heavy atom. The van der Waals surface area contributed by atoms with Gasteiger partial charge in [-0.25, -0.2) is 0 Å². The predicted molar refractivity (Wildman–Crippen MR) is 134 cm³/mol. The van der Waals surface area contributed by atoms with Crippen molar-refractivity contribution < 1.29 is 19.4 Å². The highest BCUT2D eigenvalue weighted by molar-refractivity contribution is 6.09. The molecule has 0 bridgehead atoms. The normalized spacial score (nSPS) is 17.5. The monoisotopic (exact) mass is 453 g/mol. The van der Waals surface area contributed by atoms with Crippen molar-refractivity contribution in [1.29, 1.82) is 0 Å². The van der Waals surface area contributed by atoms with E-state index in [2.05, 4.69) is 0 Å². The van der Waals surface area contributed by atoms with Crippen molar-refractivity contribution in [2.75, 3.05) is 18.1 Å². The van der Waals surface area contributed by atoms with E-state index >= 15 is 0 Å². The Morgan fingerprint density at radius 1 is 1.00 bits per heavy atom. The fraction of sp³-hybridized carbons (Fsp3) is 0.172. The van der Waals surface area contributed by atoms with Gasteiger partial charge in [0.1, 0.15) is 12.4 Å². The van der Waals surface area contributed by atoms with Gasteiger partial charge in [-0.3, -0.25) is 9.59 Å². The van der Waals surface area contributed by atoms with Crippen LogP contribution in [-0.2, 0) is 15.2 Å². The van der Waals surface area contributed by atoms with Gasteiger partial charge in [0.05, 0.1) is 18.7 Å². The number of aliphatic hydroxyl groups is 1. The first-order chi connectivity index (χ1) is 16.5. The summed E-state index contributed by atoms with van der Waals surface area (Å²) in [6.07, 6.45) is 6.32. The maximum absolute atomic E-state index is 13.3. The van der Waals surface area contributed by atoms with Gasteiger partial charge in [-0.15, -0.1) is 0 Å². The molecule has 0 spiro atoms. The minimum Gasteiger partial charge on any atom is -0.492 e. The number of aryl methyl sites for hydroxylation is 1. The zero-order valence-electron chi connectivity index (χ0n) is 19.1. The van der Waals surface area contributed by atoms with E-state index in [1.807, 2.05) is 73.7 Å². The third-order valence-electron chi connectivity index (χ3n) is 5.72. The van der Waals surface area contributed by atoms with Gasteiger partial charge in [0.15, 0.2) is 11.4 Å². The first-order valence-electron chi connectivity index (χ1n) is 11.2. The highest BCUT2D eigenvalue weighted by Gasteiger charge is 2.50. The van der Waals surface area contributed by atoms with Crippen LogP contribution in [0.4, 0.5) is 5.69 Å². The molecule has 0 radical (unpaired) electrons. The van der Waals surface area contributed by atoms with E-state index in [0.29, 0.717) is 11.3 Å². The van der Waals surface area contributed by atoms with Crippen LogP contribution in [0, 0.1) is 6.92 Å². The van der Waals surface area contributed by atoms with E-state index in [9.17, 15) is 14.7 Å². The van der Waals surface area contributed by atoms with Crippen molar-refractivity contribution in [3.63, 3.8) is 0 Å². The maximum Gasteiger partial charge on any atom is 0.264 e. The van der Waals surface area contributed by atoms with Crippen LogP contribution in [0.5, 0.6) is 5.75 Å². The number of hydrogen-bond donors (Lipinski definition) is 1. The molecule has 0 aromatic heterocycles. The molecular formula is C29H27NO4. The number of rotatable bonds is 9. The molecule has 1 unspecified atom stereocenters. The molecule has 0 aliphatic carbocycles. The maximum atomic E-state index is 13.3. The summed E-state index contributed by atoms with van der Waals surface area (Å²) >= 11 is 0. The lowest BCUT2D eigenvalue weighted by Gasteiger charge is -2.22. The lowest BCUT2D eigenvalue weighted by atomic mass is 9.90. The number of nitrogens with zero attached hydrogens (tertiary/aromatic N) is 1. The number of allylic oxidation sites excluding steroid dienone is 3. The van der Waals surface area contributed by atoms with E-state index in [-0.39, 0.29) is 25.4 Å². The smallest absolute Gasteiger partial charge is 0.264 e. The molecule has 0 saturated carbocycles. The number of ether oxygens (including phenoxy) is 1. The van der Waals surface area contributed by atoms with E-state index in [1.165, 1.54) is 11.0 Å². The Bertz CT molecular complexity index is 1230. The fourth-order valence-corrected chi connectivity index (χ4v) is 4.06. The van der Waals surface area contributed by atoms with Crippen molar-refractivity contribution >= 4 is 23.5 Å². The molecule has 5 nitrogen and oxygen atoms in total. The zero-order valence-corrected chi connectivity index (χ0v) is 19.1. The van der Waals surface area contributed by atoms with Crippen LogP contribution in [0.25, 0.3) is 6.08 Å². The average molecular weight is 454 g/mol. The van der Waals surface area contributed by atoms with Crippen LogP contribution in [0.2, 0.25) is 0 Å². The summed E-state index contributed by atoms with van der Waals surface area (Å²) < 4.78 is 5.80. The van der Waals surface area contributed by atoms with E-state index in [0.717, 1.165) is 16.9 Å². The summed E-state index contributed by atoms with van der Waals surface area (Å²) in [6.45, 7) is 2.50. The van der Waals surface area contributed by atoms with Crippen LogP contribution < -0.4 is 9.64 Å². The summed E-state index contributed by atoms with van der Waals surface area (Å²) in [5.41, 5.74) is 1.24. The largest absolute Gasteiger partial charge is 0.492 e. The molecule has 5 heteroatoms. The number of amides is 1. The van der Waals surface area contributed by atoms with Gasteiger partial charge in [0.2, 0.25) is 0 Å². The molecule has 1 heterocycles. The minimum atomic E-state index is -1.90. The van der Waals surface area contributed by atoms with Crippen LogP contribution in [0.3, 0.4) is 0 Å². The Morgan fingerprint density at radius 3 is 2.56 bits per heavy atom. The quantitative estimate of drug-likeness (QED) is 0.372. The summed E-state index contributed by atoms with van der Waals surface area (Å²) in [7, 11) is 0. The Kier molecular flexibility index (Phi) is 7.04. The molecule has 3 aromatic rings. The number of hydrogen-bond acceptors (Lipinski definition) is 4. The molecular weight excluding hydrogens is 426 g/mol. The summed E-state index contributed by atoms with van der Waals surface area (Å²) in [5.74, 6) is -0.122.